The van der Waals surface area contributed by atoms with Gasteiger partial charge in [-0.05, 0) is 19.1 Å². The van der Waals surface area contributed by atoms with Crippen LogP contribution in [0.3, 0.4) is 0 Å². The lowest BCUT2D eigenvalue weighted by Crippen LogP contribution is -2.24. The van der Waals surface area contributed by atoms with Gasteiger partial charge in [-0.3, -0.25) is 9.36 Å². The van der Waals surface area contributed by atoms with E-state index in [-0.39, 0.29) is 0 Å². The first-order valence-electron chi connectivity index (χ1n) is 6.30. The van der Waals surface area contributed by atoms with Gasteiger partial charge in [0, 0.05) is 25.8 Å². The van der Waals surface area contributed by atoms with E-state index in [1.54, 1.807) is 0 Å². The van der Waals surface area contributed by atoms with Crippen LogP contribution in [0.1, 0.15) is 30.9 Å². The summed E-state index contributed by atoms with van der Waals surface area (Å²) in [6.45, 7) is 7.90. The second-order valence-electron chi connectivity index (χ2n) is 4.92. The lowest BCUT2D eigenvalue weighted by molar-refractivity contribution is 0.537. The zero-order valence-corrected chi connectivity index (χ0v) is 11.5. The number of nitrogens with one attached hydrogen (secondary N) is 1. The first-order valence-corrected chi connectivity index (χ1v) is 6.30. The Labute approximate surface area is 108 Å². The molecule has 5 nitrogen and oxygen atoms in total. The van der Waals surface area contributed by atoms with Gasteiger partial charge in [0.15, 0.2) is 0 Å². The van der Waals surface area contributed by atoms with E-state index in [2.05, 4.69) is 41.5 Å². The maximum absolute atomic E-state index is 4.38. The van der Waals surface area contributed by atoms with Gasteiger partial charge in [-0.25, -0.2) is 0 Å². The van der Waals surface area contributed by atoms with Crippen molar-refractivity contribution in [2.45, 2.75) is 39.9 Å². The summed E-state index contributed by atoms with van der Waals surface area (Å²) in [6.07, 6.45) is 1.85. The van der Waals surface area contributed by atoms with Crippen molar-refractivity contribution in [3.8, 4) is 0 Å². The van der Waals surface area contributed by atoms with Gasteiger partial charge in [0.05, 0.1) is 23.6 Å². The van der Waals surface area contributed by atoms with Crippen molar-refractivity contribution in [1.29, 1.82) is 0 Å². The molecule has 0 unspecified atom stereocenters. The minimum absolute atomic E-state index is 0.479. The fourth-order valence-electron chi connectivity index (χ4n) is 1.93. The first-order chi connectivity index (χ1) is 8.56. The highest BCUT2D eigenvalue weighted by atomic mass is 15.3. The Balaban J connectivity index is 2.10. The SMILES string of the molecule is Cc1cc(Cn2nccc2CNC(C)C)n(C)n1. The van der Waals surface area contributed by atoms with Gasteiger partial charge in [0.2, 0.25) is 0 Å². The van der Waals surface area contributed by atoms with E-state index >= 15 is 0 Å². The van der Waals surface area contributed by atoms with Gasteiger partial charge in [0.25, 0.3) is 0 Å². The van der Waals surface area contributed by atoms with Gasteiger partial charge >= 0.3 is 0 Å². The number of nitrogens with zero attached hydrogens (tertiary/aromatic N) is 4. The molecule has 0 radical (unpaired) electrons. The van der Waals surface area contributed by atoms with Crippen molar-refractivity contribution < 1.29 is 0 Å². The summed E-state index contributed by atoms with van der Waals surface area (Å²) in [5.41, 5.74) is 3.41. The monoisotopic (exact) mass is 247 g/mol. The minimum Gasteiger partial charge on any atom is -0.309 e. The molecular weight excluding hydrogens is 226 g/mol. The van der Waals surface area contributed by atoms with Crippen LogP contribution >= 0.6 is 0 Å². The van der Waals surface area contributed by atoms with E-state index in [9.17, 15) is 0 Å². The molecule has 2 aromatic heterocycles. The lowest BCUT2D eigenvalue weighted by Gasteiger charge is -2.10. The molecule has 0 aliphatic carbocycles. The Morgan fingerprint density at radius 1 is 1.33 bits per heavy atom. The summed E-state index contributed by atoms with van der Waals surface area (Å²) >= 11 is 0. The largest absolute Gasteiger partial charge is 0.309 e. The third kappa shape index (κ3) is 2.98. The Morgan fingerprint density at radius 3 is 2.72 bits per heavy atom. The van der Waals surface area contributed by atoms with Crippen LogP contribution in [0.5, 0.6) is 0 Å². The molecule has 0 aliphatic rings. The number of aryl methyl sites for hydroxylation is 2. The molecule has 0 saturated carbocycles. The smallest absolute Gasteiger partial charge is 0.0831 e. The molecule has 0 atom stereocenters. The molecule has 0 fully saturated rings. The average molecular weight is 247 g/mol. The van der Waals surface area contributed by atoms with Crippen LogP contribution in [0.4, 0.5) is 0 Å². The Hall–Kier alpha value is -1.62. The zero-order chi connectivity index (χ0) is 13.1. The molecule has 2 rings (SSSR count). The molecule has 18 heavy (non-hydrogen) atoms. The van der Waals surface area contributed by atoms with Gasteiger partial charge in [-0.1, -0.05) is 13.8 Å². The molecule has 5 heteroatoms. The van der Waals surface area contributed by atoms with Crippen LogP contribution in [0.25, 0.3) is 0 Å². The second-order valence-corrected chi connectivity index (χ2v) is 4.92. The summed E-state index contributed by atoms with van der Waals surface area (Å²) in [4.78, 5) is 0. The number of hydrogen-bond donors (Lipinski definition) is 1. The maximum Gasteiger partial charge on any atom is 0.0831 e. The molecule has 0 saturated heterocycles. The molecule has 0 spiro atoms. The standard InChI is InChI=1S/C13H21N5/c1-10(2)14-8-12-5-6-15-18(12)9-13-7-11(3)16-17(13)4/h5-7,10,14H,8-9H2,1-4H3. The van der Waals surface area contributed by atoms with E-state index in [0.29, 0.717) is 6.04 Å². The second kappa shape index (κ2) is 5.35. The van der Waals surface area contributed by atoms with Gasteiger partial charge in [0.1, 0.15) is 0 Å². The van der Waals surface area contributed by atoms with E-state index in [1.165, 1.54) is 11.4 Å². The van der Waals surface area contributed by atoms with Crippen molar-refractivity contribution in [2.75, 3.05) is 0 Å². The number of rotatable bonds is 5. The summed E-state index contributed by atoms with van der Waals surface area (Å²) in [5, 5.41) is 12.1. The van der Waals surface area contributed by atoms with Crippen LogP contribution < -0.4 is 5.32 Å². The molecule has 0 bridgehead atoms. The Morgan fingerprint density at radius 2 is 2.11 bits per heavy atom. The average Bonchev–Trinajstić information content (AvgIpc) is 2.84. The number of aromatic nitrogens is 4. The van der Waals surface area contributed by atoms with E-state index in [0.717, 1.165) is 18.8 Å². The zero-order valence-electron chi connectivity index (χ0n) is 11.5. The van der Waals surface area contributed by atoms with Gasteiger partial charge in [-0.15, -0.1) is 0 Å². The highest BCUT2D eigenvalue weighted by Crippen LogP contribution is 2.07. The van der Waals surface area contributed by atoms with Gasteiger partial charge < -0.3 is 5.32 Å². The van der Waals surface area contributed by atoms with Crippen LogP contribution in [-0.2, 0) is 20.1 Å². The molecule has 0 aliphatic heterocycles. The fourth-order valence-corrected chi connectivity index (χ4v) is 1.93. The quantitative estimate of drug-likeness (QED) is 0.870. The molecule has 2 heterocycles. The van der Waals surface area contributed by atoms with Crippen LogP contribution in [0.15, 0.2) is 18.3 Å². The summed E-state index contributed by atoms with van der Waals surface area (Å²) in [6, 6.07) is 4.63. The summed E-state index contributed by atoms with van der Waals surface area (Å²) in [7, 11) is 1.97. The molecule has 1 N–H and O–H groups in total. The highest BCUT2D eigenvalue weighted by Gasteiger charge is 2.07. The van der Waals surface area contributed by atoms with Crippen LogP contribution in [0.2, 0.25) is 0 Å². The van der Waals surface area contributed by atoms with Crippen molar-refractivity contribution in [1.82, 2.24) is 24.9 Å². The van der Waals surface area contributed by atoms with Crippen molar-refractivity contribution >= 4 is 0 Å². The molecule has 0 amide bonds. The van der Waals surface area contributed by atoms with Crippen molar-refractivity contribution in [2.24, 2.45) is 7.05 Å². The third-order valence-electron chi connectivity index (χ3n) is 2.91. The normalized spacial score (nSPS) is 11.4. The molecular formula is C13H21N5. The van der Waals surface area contributed by atoms with Crippen LogP contribution in [0, 0.1) is 6.92 Å². The predicted molar refractivity (Wildman–Crippen MR) is 71.2 cm³/mol. The van der Waals surface area contributed by atoms with E-state index in [4.69, 9.17) is 0 Å². The molecule has 98 valence electrons. The van der Waals surface area contributed by atoms with E-state index in [1.807, 2.05) is 29.5 Å². The minimum atomic E-state index is 0.479. The maximum atomic E-state index is 4.38. The molecule has 0 aromatic carbocycles. The Bertz CT molecular complexity index is 509. The predicted octanol–water partition coefficient (Wildman–Crippen LogP) is 1.47. The third-order valence-corrected chi connectivity index (χ3v) is 2.91. The lowest BCUT2D eigenvalue weighted by atomic mass is 10.3. The summed E-state index contributed by atoms with van der Waals surface area (Å²) < 4.78 is 3.93. The fraction of sp³-hybridized carbons (Fsp3) is 0.538. The highest BCUT2D eigenvalue weighted by molar-refractivity contribution is 5.11. The van der Waals surface area contributed by atoms with E-state index < -0.39 is 0 Å². The van der Waals surface area contributed by atoms with Gasteiger partial charge in [-0.2, -0.15) is 10.2 Å². The first kappa shape index (κ1) is 12.8. The Kier molecular flexibility index (Phi) is 3.81. The van der Waals surface area contributed by atoms with Crippen molar-refractivity contribution in [3.63, 3.8) is 0 Å². The molecule has 2 aromatic rings. The topological polar surface area (TPSA) is 47.7 Å². The summed E-state index contributed by atoms with van der Waals surface area (Å²) in [5.74, 6) is 0. The number of hydrogen-bond acceptors (Lipinski definition) is 3. The van der Waals surface area contributed by atoms with Crippen LogP contribution in [-0.4, -0.2) is 25.6 Å². The van der Waals surface area contributed by atoms with Crippen molar-refractivity contribution in [3.05, 3.63) is 35.4 Å².